The van der Waals surface area contributed by atoms with Gasteiger partial charge in [0.2, 0.25) is 0 Å². The van der Waals surface area contributed by atoms with Gasteiger partial charge in [0.25, 0.3) is 5.92 Å². The summed E-state index contributed by atoms with van der Waals surface area (Å²) in [4.78, 5) is 11.4. The molecule has 74 valence electrons. The predicted molar refractivity (Wildman–Crippen MR) is 39.9 cm³/mol. The van der Waals surface area contributed by atoms with Crippen LogP contribution in [0.1, 0.15) is 6.42 Å². The zero-order valence-electron chi connectivity index (χ0n) is 6.83. The maximum atomic E-state index is 13.1. The number of hydrogen-bond acceptors (Lipinski definition) is 2. The first-order chi connectivity index (χ1) is 6.02. The molecule has 0 aromatic carbocycles. The van der Waals surface area contributed by atoms with Crippen molar-refractivity contribution in [3.8, 4) is 0 Å². The molecule has 1 amide bonds. The van der Waals surface area contributed by atoms with Crippen molar-refractivity contribution in [2.45, 2.75) is 24.4 Å². The Morgan fingerprint density at radius 3 is 2.92 bits per heavy atom. The zero-order valence-corrected chi connectivity index (χ0v) is 6.83. The van der Waals surface area contributed by atoms with Gasteiger partial charge in [-0.15, -0.1) is 0 Å². The van der Waals surface area contributed by atoms with Gasteiger partial charge in [0.1, 0.15) is 0 Å². The van der Waals surface area contributed by atoms with Crippen LogP contribution in [-0.4, -0.2) is 47.2 Å². The van der Waals surface area contributed by atoms with E-state index in [1.165, 1.54) is 0 Å². The van der Waals surface area contributed by atoms with Crippen LogP contribution >= 0.6 is 0 Å². The highest BCUT2D eigenvalue weighted by Crippen LogP contribution is 2.36. The van der Waals surface area contributed by atoms with E-state index in [4.69, 9.17) is 5.11 Å². The molecule has 0 aliphatic carbocycles. The van der Waals surface area contributed by atoms with Crippen molar-refractivity contribution in [1.29, 1.82) is 0 Å². The lowest BCUT2D eigenvalue weighted by Crippen LogP contribution is -2.42. The van der Waals surface area contributed by atoms with E-state index in [9.17, 15) is 13.6 Å². The van der Waals surface area contributed by atoms with Crippen molar-refractivity contribution in [3.63, 3.8) is 0 Å². The molecular formula is C7H10F2N2O2. The van der Waals surface area contributed by atoms with Gasteiger partial charge in [-0.05, 0) is 13.0 Å². The number of fused-ring (bicyclic) bond motifs is 1. The Kier molecular flexibility index (Phi) is 1.69. The largest absolute Gasteiger partial charge is 0.465 e. The van der Waals surface area contributed by atoms with Crippen LogP contribution in [0.25, 0.3) is 0 Å². The first-order valence-corrected chi connectivity index (χ1v) is 4.13. The van der Waals surface area contributed by atoms with Crippen molar-refractivity contribution in [3.05, 3.63) is 0 Å². The van der Waals surface area contributed by atoms with Gasteiger partial charge in [0.15, 0.2) is 0 Å². The van der Waals surface area contributed by atoms with Crippen LogP contribution in [-0.2, 0) is 0 Å². The third-order valence-electron chi connectivity index (χ3n) is 2.67. The summed E-state index contributed by atoms with van der Waals surface area (Å²) < 4.78 is 26.3. The molecule has 2 atom stereocenters. The minimum Gasteiger partial charge on any atom is -0.465 e. The van der Waals surface area contributed by atoms with Crippen LogP contribution in [0.15, 0.2) is 0 Å². The second-order valence-corrected chi connectivity index (χ2v) is 3.46. The minimum atomic E-state index is -2.92. The van der Waals surface area contributed by atoms with Gasteiger partial charge >= 0.3 is 6.09 Å². The standard InChI is InChI=1S/C7H10F2N2O2/c8-7(9)3-11(6(12)13)4-1-2-10-5(4)7/h4-5,10H,1-3H2,(H,12,13). The number of nitrogens with one attached hydrogen (secondary N) is 1. The highest BCUT2D eigenvalue weighted by atomic mass is 19.3. The number of rotatable bonds is 0. The number of hydrogen-bond donors (Lipinski definition) is 2. The molecule has 2 N–H and O–H groups in total. The molecule has 13 heavy (non-hydrogen) atoms. The molecule has 0 aromatic rings. The molecule has 0 saturated carbocycles. The predicted octanol–water partition coefficient (Wildman–Crippen LogP) is 0.346. The van der Waals surface area contributed by atoms with Gasteiger partial charge in [-0.25, -0.2) is 13.6 Å². The minimum absolute atomic E-state index is 0.467. The fraction of sp³-hybridized carbons (Fsp3) is 0.857. The second kappa shape index (κ2) is 2.54. The number of likely N-dealkylation sites (tertiary alicyclic amines) is 1. The maximum Gasteiger partial charge on any atom is 0.407 e. The molecule has 2 aliphatic rings. The Labute approximate surface area is 73.5 Å². The average Bonchev–Trinajstić information content (AvgIpc) is 2.53. The fourth-order valence-electron chi connectivity index (χ4n) is 2.11. The normalized spacial score (nSPS) is 36.3. The first-order valence-electron chi connectivity index (χ1n) is 4.13. The molecule has 2 heterocycles. The van der Waals surface area contributed by atoms with E-state index >= 15 is 0 Å². The summed E-state index contributed by atoms with van der Waals surface area (Å²) in [5, 5.41) is 11.3. The number of alkyl halides is 2. The van der Waals surface area contributed by atoms with Crippen LogP contribution in [0.4, 0.5) is 13.6 Å². The molecular weight excluding hydrogens is 182 g/mol. The molecule has 0 radical (unpaired) electrons. The topological polar surface area (TPSA) is 52.6 Å². The lowest BCUT2D eigenvalue weighted by molar-refractivity contribution is -0.00790. The van der Waals surface area contributed by atoms with Crippen LogP contribution in [0, 0.1) is 0 Å². The van der Waals surface area contributed by atoms with E-state index < -0.39 is 30.6 Å². The maximum absolute atomic E-state index is 13.1. The van der Waals surface area contributed by atoms with E-state index in [0.717, 1.165) is 4.90 Å². The molecule has 0 aromatic heterocycles. The van der Waals surface area contributed by atoms with Gasteiger partial charge in [0.05, 0.1) is 18.6 Å². The van der Waals surface area contributed by atoms with Crippen molar-refractivity contribution in [1.82, 2.24) is 10.2 Å². The summed E-state index contributed by atoms with van der Waals surface area (Å²) in [6.07, 6.45) is -0.775. The summed E-state index contributed by atoms with van der Waals surface area (Å²) in [5.74, 6) is -2.92. The van der Waals surface area contributed by atoms with Gasteiger partial charge in [0, 0.05) is 0 Å². The zero-order chi connectivity index (χ0) is 9.64. The average molecular weight is 192 g/mol. The van der Waals surface area contributed by atoms with Crippen molar-refractivity contribution >= 4 is 6.09 Å². The molecule has 4 nitrogen and oxygen atoms in total. The van der Waals surface area contributed by atoms with Gasteiger partial charge in [-0.3, -0.25) is 4.90 Å². The number of nitrogens with zero attached hydrogens (tertiary/aromatic N) is 1. The molecule has 0 spiro atoms. The van der Waals surface area contributed by atoms with Crippen LogP contribution in [0.5, 0.6) is 0 Å². The first kappa shape index (κ1) is 8.68. The van der Waals surface area contributed by atoms with Crippen molar-refractivity contribution in [2.24, 2.45) is 0 Å². The van der Waals surface area contributed by atoms with E-state index in [1.54, 1.807) is 0 Å². The summed E-state index contributed by atoms with van der Waals surface area (Å²) in [6.45, 7) is -0.209. The Balaban J connectivity index is 2.23. The van der Waals surface area contributed by atoms with Gasteiger partial charge < -0.3 is 10.4 Å². The van der Waals surface area contributed by atoms with Crippen molar-refractivity contribution < 1.29 is 18.7 Å². The third-order valence-corrected chi connectivity index (χ3v) is 2.67. The summed E-state index contributed by atoms with van der Waals surface area (Å²) in [7, 11) is 0. The van der Waals surface area contributed by atoms with Crippen LogP contribution < -0.4 is 5.32 Å². The van der Waals surface area contributed by atoms with Crippen LogP contribution in [0.2, 0.25) is 0 Å². The van der Waals surface area contributed by atoms with Gasteiger partial charge in [-0.1, -0.05) is 0 Å². The Morgan fingerprint density at radius 1 is 1.62 bits per heavy atom. The van der Waals surface area contributed by atoms with Gasteiger partial charge in [-0.2, -0.15) is 0 Å². The molecule has 0 bridgehead atoms. The van der Waals surface area contributed by atoms with E-state index in [0.29, 0.717) is 13.0 Å². The smallest absolute Gasteiger partial charge is 0.407 e. The lowest BCUT2D eigenvalue weighted by atomic mass is 10.1. The Morgan fingerprint density at radius 2 is 2.31 bits per heavy atom. The Hall–Kier alpha value is -0.910. The highest BCUT2D eigenvalue weighted by Gasteiger charge is 2.57. The van der Waals surface area contributed by atoms with E-state index in [1.807, 2.05) is 0 Å². The molecule has 2 unspecified atom stereocenters. The van der Waals surface area contributed by atoms with Crippen LogP contribution in [0.3, 0.4) is 0 Å². The van der Waals surface area contributed by atoms with Crippen molar-refractivity contribution in [2.75, 3.05) is 13.1 Å². The molecule has 2 fully saturated rings. The number of amides is 1. The quantitative estimate of drug-likeness (QED) is 0.582. The molecule has 2 saturated heterocycles. The second-order valence-electron chi connectivity index (χ2n) is 3.46. The third kappa shape index (κ3) is 1.16. The number of carbonyl (C=O) groups is 1. The molecule has 6 heteroatoms. The van der Waals surface area contributed by atoms with E-state index in [-0.39, 0.29) is 0 Å². The fourth-order valence-corrected chi connectivity index (χ4v) is 2.11. The lowest BCUT2D eigenvalue weighted by Gasteiger charge is -2.17. The SMILES string of the molecule is O=C(O)N1CC(F)(F)C2NCCC21. The Bertz CT molecular complexity index is 247. The highest BCUT2D eigenvalue weighted by molar-refractivity contribution is 5.66. The number of halogens is 2. The molecule has 2 rings (SSSR count). The number of carboxylic acid groups (broad SMARTS) is 1. The summed E-state index contributed by atoms with van der Waals surface area (Å²) in [5.41, 5.74) is 0. The monoisotopic (exact) mass is 192 g/mol. The summed E-state index contributed by atoms with van der Waals surface area (Å²) in [6, 6.07) is -1.53. The molecule has 2 aliphatic heterocycles. The summed E-state index contributed by atoms with van der Waals surface area (Å²) >= 11 is 0. The van der Waals surface area contributed by atoms with E-state index in [2.05, 4.69) is 5.32 Å².